The second-order valence-corrected chi connectivity index (χ2v) is 7.67. The summed E-state index contributed by atoms with van der Waals surface area (Å²) in [5.74, 6) is -6.23. The Morgan fingerprint density at radius 3 is 1.88 bits per heavy atom. The average Bonchev–Trinajstić information content (AvgIpc) is 2.87. The van der Waals surface area contributed by atoms with Crippen LogP contribution < -0.4 is 5.32 Å². The van der Waals surface area contributed by atoms with Crippen molar-refractivity contribution in [3.8, 4) is 0 Å². The van der Waals surface area contributed by atoms with E-state index in [1.807, 2.05) is 6.92 Å². The number of benzene rings is 3. The first-order valence-corrected chi connectivity index (χ1v) is 11.0. The summed E-state index contributed by atoms with van der Waals surface area (Å²) in [7, 11) is 0. The zero-order valence-corrected chi connectivity index (χ0v) is 18.5. The maximum atomic E-state index is 16.9. The standard InChI is InChI=1S/C27H27FN2O3/c1-2-3-19-29-26(33)27(28,24(31)22-15-9-5-10-16-22)30(20-21-13-7-4-8-14-21)25(32)23-17-11-6-12-18-23/h4-18H,2-3,19-20H2,1H3,(H,29,33). The number of hydrogen-bond acceptors (Lipinski definition) is 3. The summed E-state index contributed by atoms with van der Waals surface area (Å²) in [5.41, 5.74) is 0.772. The van der Waals surface area contributed by atoms with Gasteiger partial charge in [0.1, 0.15) is 0 Å². The largest absolute Gasteiger partial charge is 0.351 e. The summed E-state index contributed by atoms with van der Waals surface area (Å²) in [4.78, 5) is 40.9. The Balaban J connectivity index is 2.11. The fourth-order valence-corrected chi connectivity index (χ4v) is 3.45. The molecule has 0 saturated carbocycles. The van der Waals surface area contributed by atoms with Crippen molar-refractivity contribution in [1.82, 2.24) is 10.2 Å². The van der Waals surface area contributed by atoms with Crippen LogP contribution in [0.4, 0.5) is 4.39 Å². The normalized spacial score (nSPS) is 12.4. The number of halogens is 1. The summed E-state index contributed by atoms with van der Waals surface area (Å²) in [6.07, 6.45) is 1.40. The van der Waals surface area contributed by atoms with Gasteiger partial charge >= 0.3 is 5.79 Å². The second-order valence-electron chi connectivity index (χ2n) is 7.67. The molecule has 0 radical (unpaired) electrons. The molecule has 0 fully saturated rings. The van der Waals surface area contributed by atoms with Crippen LogP contribution in [0, 0.1) is 0 Å². The molecule has 0 saturated heterocycles. The fourth-order valence-electron chi connectivity index (χ4n) is 3.45. The number of alkyl halides is 1. The Hall–Kier alpha value is -3.80. The number of carbonyl (C=O) groups is 3. The Kier molecular flexibility index (Phi) is 8.08. The predicted octanol–water partition coefficient (Wildman–Crippen LogP) is 4.79. The van der Waals surface area contributed by atoms with E-state index in [4.69, 9.17) is 0 Å². The Bertz CT molecular complexity index is 1070. The number of unbranched alkanes of at least 4 members (excludes halogenated alkanes) is 1. The van der Waals surface area contributed by atoms with Crippen molar-refractivity contribution in [2.24, 2.45) is 0 Å². The second kappa shape index (κ2) is 11.2. The highest BCUT2D eigenvalue weighted by molar-refractivity contribution is 6.18. The van der Waals surface area contributed by atoms with Gasteiger partial charge in [0.15, 0.2) is 0 Å². The third-order valence-electron chi connectivity index (χ3n) is 5.28. The minimum Gasteiger partial charge on any atom is -0.351 e. The monoisotopic (exact) mass is 446 g/mol. The molecule has 0 aliphatic carbocycles. The van der Waals surface area contributed by atoms with Crippen LogP contribution in [0.25, 0.3) is 0 Å². The number of rotatable bonds is 10. The van der Waals surface area contributed by atoms with Crippen LogP contribution in [0.15, 0.2) is 91.0 Å². The lowest BCUT2D eigenvalue weighted by Gasteiger charge is -2.35. The molecule has 0 heterocycles. The highest BCUT2D eigenvalue weighted by atomic mass is 19.1. The van der Waals surface area contributed by atoms with Gasteiger partial charge in [-0.25, -0.2) is 0 Å². The number of amides is 2. The van der Waals surface area contributed by atoms with Crippen LogP contribution in [0.2, 0.25) is 0 Å². The molecular formula is C27H27FN2O3. The smallest absolute Gasteiger partial charge is 0.327 e. The zero-order chi connectivity index (χ0) is 23.7. The van der Waals surface area contributed by atoms with Crippen molar-refractivity contribution in [1.29, 1.82) is 0 Å². The topological polar surface area (TPSA) is 66.5 Å². The van der Waals surface area contributed by atoms with Crippen LogP contribution in [0.5, 0.6) is 0 Å². The molecule has 1 atom stereocenters. The van der Waals surface area contributed by atoms with Crippen molar-refractivity contribution >= 4 is 17.6 Å². The third kappa shape index (κ3) is 5.52. The van der Waals surface area contributed by atoms with Gasteiger partial charge in [0.25, 0.3) is 11.8 Å². The first kappa shape index (κ1) is 23.9. The maximum absolute atomic E-state index is 16.9. The van der Waals surface area contributed by atoms with Gasteiger partial charge in [-0.1, -0.05) is 92.2 Å². The summed E-state index contributed by atoms with van der Waals surface area (Å²) in [6, 6.07) is 24.5. The zero-order valence-electron chi connectivity index (χ0n) is 18.5. The lowest BCUT2D eigenvalue weighted by atomic mass is 9.97. The van der Waals surface area contributed by atoms with Crippen LogP contribution in [0.3, 0.4) is 0 Å². The number of Topliss-reactive ketones (excluding diaryl/α,β-unsaturated/α-hetero) is 1. The van der Waals surface area contributed by atoms with Crippen molar-refractivity contribution in [2.45, 2.75) is 32.1 Å². The van der Waals surface area contributed by atoms with Gasteiger partial charge in [-0.05, 0) is 24.1 Å². The lowest BCUT2D eigenvalue weighted by Crippen LogP contribution is -2.62. The SMILES string of the molecule is CCCCNC(=O)C(F)(C(=O)c1ccccc1)N(Cc1ccccc1)C(=O)c1ccccc1. The lowest BCUT2D eigenvalue weighted by molar-refractivity contribution is -0.139. The first-order valence-electron chi connectivity index (χ1n) is 11.0. The number of nitrogens with zero attached hydrogens (tertiary/aromatic N) is 1. The average molecular weight is 447 g/mol. The molecule has 5 nitrogen and oxygen atoms in total. The van der Waals surface area contributed by atoms with E-state index in [9.17, 15) is 14.4 Å². The molecule has 0 aromatic heterocycles. The van der Waals surface area contributed by atoms with E-state index in [1.54, 1.807) is 66.7 Å². The number of ketones is 1. The van der Waals surface area contributed by atoms with E-state index in [-0.39, 0.29) is 24.2 Å². The van der Waals surface area contributed by atoms with Gasteiger partial charge in [0.05, 0.1) is 6.54 Å². The molecule has 3 aromatic rings. The summed E-state index contributed by atoms with van der Waals surface area (Å²) in [6.45, 7) is 1.87. The van der Waals surface area contributed by atoms with Gasteiger partial charge in [-0.3, -0.25) is 19.3 Å². The van der Waals surface area contributed by atoms with Crippen LogP contribution in [-0.4, -0.2) is 34.8 Å². The van der Waals surface area contributed by atoms with E-state index >= 15 is 4.39 Å². The number of nitrogens with one attached hydrogen (secondary N) is 1. The van der Waals surface area contributed by atoms with E-state index in [2.05, 4.69) is 5.32 Å². The Morgan fingerprint density at radius 2 is 1.33 bits per heavy atom. The Morgan fingerprint density at radius 1 is 0.818 bits per heavy atom. The summed E-state index contributed by atoms with van der Waals surface area (Å²) in [5, 5.41) is 2.52. The van der Waals surface area contributed by atoms with E-state index in [0.29, 0.717) is 12.0 Å². The van der Waals surface area contributed by atoms with Crippen molar-refractivity contribution in [2.75, 3.05) is 6.54 Å². The highest BCUT2D eigenvalue weighted by Crippen LogP contribution is 2.28. The molecule has 0 bridgehead atoms. The van der Waals surface area contributed by atoms with Crippen LogP contribution in [0.1, 0.15) is 46.0 Å². The van der Waals surface area contributed by atoms with Gasteiger partial charge in [-0.2, -0.15) is 4.39 Å². The Labute approximate surface area is 193 Å². The van der Waals surface area contributed by atoms with Crippen LogP contribution in [-0.2, 0) is 11.3 Å². The van der Waals surface area contributed by atoms with E-state index in [0.717, 1.165) is 11.3 Å². The number of carbonyl (C=O) groups excluding carboxylic acids is 3. The molecule has 3 rings (SSSR count). The molecule has 3 aromatic carbocycles. The summed E-state index contributed by atoms with van der Waals surface area (Å²) < 4.78 is 16.9. The number of hydrogen-bond donors (Lipinski definition) is 1. The minimum absolute atomic E-state index is 0.00423. The predicted molar refractivity (Wildman–Crippen MR) is 125 cm³/mol. The molecule has 0 spiro atoms. The van der Waals surface area contributed by atoms with Crippen molar-refractivity contribution in [3.05, 3.63) is 108 Å². The van der Waals surface area contributed by atoms with Gasteiger partial charge in [0, 0.05) is 17.7 Å². The molecular weight excluding hydrogens is 419 g/mol. The van der Waals surface area contributed by atoms with Crippen LogP contribution >= 0.6 is 0 Å². The van der Waals surface area contributed by atoms with E-state index in [1.165, 1.54) is 24.3 Å². The van der Waals surface area contributed by atoms with E-state index < -0.39 is 23.4 Å². The quantitative estimate of drug-likeness (QED) is 0.211. The molecule has 170 valence electrons. The van der Waals surface area contributed by atoms with Gasteiger partial charge in [-0.15, -0.1) is 0 Å². The molecule has 0 aliphatic rings. The first-order chi connectivity index (χ1) is 16.0. The molecule has 2 amide bonds. The molecule has 0 aliphatic heterocycles. The highest BCUT2D eigenvalue weighted by Gasteiger charge is 2.54. The fraction of sp³-hybridized carbons (Fsp3) is 0.222. The van der Waals surface area contributed by atoms with Gasteiger partial charge in [0.2, 0.25) is 5.78 Å². The maximum Gasteiger partial charge on any atom is 0.327 e. The summed E-state index contributed by atoms with van der Waals surface area (Å²) >= 11 is 0. The van der Waals surface area contributed by atoms with Gasteiger partial charge < -0.3 is 5.32 Å². The molecule has 33 heavy (non-hydrogen) atoms. The third-order valence-corrected chi connectivity index (χ3v) is 5.28. The molecule has 1 N–H and O–H groups in total. The van der Waals surface area contributed by atoms with Crippen molar-refractivity contribution < 1.29 is 18.8 Å². The minimum atomic E-state index is -3.24. The van der Waals surface area contributed by atoms with Crippen molar-refractivity contribution in [3.63, 3.8) is 0 Å². The molecule has 1 unspecified atom stereocenters. The molecule has 6 heteroatoms.